The largest absolute Gasteiger partial charge is 0.486 e. The second kappa shape index (κ2) is 10.1. The Kier molecular flexibility index (Phi) is 7.04. The first-order valence-electron chi connectivity index (χ1n) is 10.9. The summed E-state index contributed by atoms with van der Waals surface area (Å²) < 4.78 is 24.6. The van der Waals surface area contributed by atoms with Gasteiger partial charge in [0.2, 0.25) is 5.91 Å². The maximum atomic E-state index is 13.4. The van der Waals surface area contributed by atoms with E-state index in [9.17, 15) is 14.3 Å². The van der Waals surface area contributed by atoms with Crippen LogP contribution in [-0.2, 0) is 11.2 Å². The lowest BCUT2D eigenvalue weighted by atomic mass is 10.0. The molecule has 6 nitrogen and oxygen atoms in total. The summed E-state index contributed by atoms with van der Waals surface area (Å²) in [6.45, 7) is 3.47. The first-order chi connectivity index (χ1) is 15.1. The maximum Gasteiger partial charge on any atom is 0.220 e. The fraction of sp³-hybridized carbons (Fsp3) is 0.458. The van der Waals surface area contributed by atoms with Crippen molar-refractivity contribution in [3.05, 3.63) is 59.4 Å². The number of aryl methyl sites for hydroxylation is 1. The summed E-state index contributed by atoms with van der Waals surface area (Å²) in [4.78, 5) is 14.9. The first kappa shape index (κ1) is 21.6. The molecule has 1 amide bonds. The molecule has 0 aromatic heterocycles. The zero-order chi connectivity index (χ0) is 21.6. The molecule has 2 atom stereocenters. The van der Waals surface area contributed by atoms with E-state index in [0.29, 0.717) is 43.2 Å². The number of hydrogen-bond donors (Lipinski definition) is 2. The molecule has 0 bridgehead atoms. The highest BCUT2D eigenvalue weighted by Gasteiger charge is 2.27. The summed E-state index contributed by atoms with van der Waals surface area (Å²) in [5.41, 5.74) is 1.46. The fourth-order valence-corrected chi connectivity index (χ4v) is 4.17. The van der Waals surface area contributed by atoms with Crippen LogP contribution in [0.5, 0.6) is 11.5 Å². The standard InChI is InChI=1S/C24H29FN2O4/c25-19-5-3-4-17(14-19)6-9-23(28)26-20(16-27-10-1-2-11-27)24(29)18-7-8-21-22(15-18)31-13-12-30-21/h3-5,7-8,14-15,20,24,29H,1-2,6,9-13,16H2,(H,26,28)/t20-,24+/m1/s1. The van der Waals surface area contributed by atoms with E-state index >= 15 is 0 Å². The van der Waals surface area contributed by atoms with Gasteiger partial charge in [-0.2, -0.15) is 0 Å². The van der Waals surface area contributed by atoms with E-state index in [-0.39, 0.29) is 18.1 Å². The van der Waals surface area contributed by atoms with Gasteiger partial charge in [0.25, 0.3) is 0 Å². The predicted octanol–water partition coefficient (Wildman–Crippen LogP) is 2.84. The number of rotatable bonds is 8. The van der Waals surface area contributed by atoms with Gasteiger partial charge in [0.05, 0.1) is 6.04 Å². The maximum absolute atomic E-state index is 13.4. The lowest BCUT2D eigenvalue weighted by Crippen LogP contribution is -2.46. The number of hydrogen-bond acceptors (Lipinski definition) is 5. The van der Waals surface area contributed by atoms with Gasteiger partial charge in [-0.1, -0.05) is 18.2 Å². The van der Waals surface area contributed by atoms with E-state index in [2.05, 4.69) is 10.2 Å². The smallest absolute Gasteiger partial charge is 0.220 e. The lowest BCUT2D eigenvalue weighted by Gasteiger charge is -2.29. The molecule has 2 N–H and O–H groups in total. The summed E-state index contributed by atoms with van der Waals surface area (Å²) in [5, 5.41) is 14.1. The molecular formula is C24H29FN2O4. The zero-order valence-corrected chi connectivity index (χ0v) is 17.6. The first-order valence-corrected chi connectivity index (χ1v) is 10.9. The third-order valence-corrected chi connectivity index (χ3v) is 5.82. The van der Waals surface area contributed by atoms with E-state index in [0.717, 1.165) is 31.5 Å². The number of nitrogens with zero attached hydrogens (tertiary/aromatic N) is 1. The molecule has 2 aliphatic rings. The number of benzene rings is 2. The molecular weight excluding hydrogens is 399 g/mol. The summed E-state index contributed by atoms with van der Waals surface area (Å²) in [6.07, 6.45) is 2.05. The molecule has 31 heavy (non-hydrogen) atoms. The quantitative estimate of drug-likeness (QED) is 0.677. The number of nitrogens with one attached hydrogen (secondary N) is 1. The summed E-state index contributed by atoms with van der Waals surface area (Å²) in [6, 6.07) is 11.2. The number of aliphatic hydroxyl groups excluding tert-OH is 1. The van der Waals surface area contributed by atoms with Crippen LogP contribution in [0.15, 0.2) is 42.5 Å². The Morgan fingerprint density at radius 2 is 1.87 bits per heavy atom. The Labute approximate surface area is 182 Å². The van der Waals surface area contributed by atoms with Crippen molar-refractivity contribution in [2.45, 2.75) is 37.8 Å². The SMILES string of the molecule is O=C(CCc1cccc(F)c1)N[C@H](CN1CCCC1)[C@@H](O)c1ccc2c(c1)OCCO2. The Hall–Kier alpha value is -2.64. The normalized spacial score (nSPS) is 17.9. The van der Waals surface area contributed by atoms with E-state index in [4.69, 9.17) is 9.47 Å². The van der Waals surface area contributed by atoms with Crippen LogP contribution in [-0.4, -0.2) is 54.8 Å². The monoisotopic (exact) mass is 428 g/mol. The highest BCUT2D eigenvalue weighted by atomic mass is 19.1. The van der Waals surface area contributed by atoms with Gasteiger partial charge in [-0.3, -0.25) is 4.79 Å². The molecule has 1 fully saturated rings. The van der Waals surface area contributed by atoms with Crippen molar-refractivity contribution in [1.29, 1.82) is 0 Å². The molecule has 2 aromatic rings. The van der Waals surface area contributed by atoms with Crippen molar-refractivity contribution in [3.8, 4) is 11.5 Å². The number of carbonyl (C=O) groups excluding carboxylic acids is 1. The van der Waals surface area contributed by atoms with Gasteiger partial charge in [0.1, 0.15) is 25.1 Å². The molecule has 4 rings (SSSR count). The van der Waals surface area contributed by atoms with Crippen LogP contribution in [0.25, 0.3) is 0 Å². The summed E-state index contributed by atoms with van der Waals surface area (Å²) in [5.74, 6) is 0.807. The van der Waals surface area contributed by atoms with Crippen LogP contribution in [0.4, 0.5) is 4.39 Å². The second-order valence-corrected chi connectivity index (χ2v) is 8.16. The van der Waals surface area contributed by atoms with Crippen molar-refractivity contribution in [2.24, 2.45) is 0 Å². The van der Waals surface area contributed by atoms with Crippen molar-refractivity contribution in [1.82, 2.24) is 10.2 Å². The number of fused-ring (bicyclic) bond motifs is 1. The highest BCUT2D eigenvalue weighted by molar-refractivity contribution is 5.76. The number of likely N-dealkylation sites (tertiary alicyclic amines) is 1. The zero-order valence-electron chi connectivity index (χ0n) is 17.6. The Bertz CT molecular complexity index is 901. The molecule has 1 saturated heterocycles. The average Bonchev–Trinajstić information content (AvgIpc) is 3.30. The van der Waals surface area contributed by atoms with Gasteiger partial charge in [0, 0.05) is 13.0 Å². The Morgan fingerprint density at radius 3 is 2.65 bits per heavy atom. The topological polar surface area (TPSA) is 71.0 Å². The predicted molar refractivity (Wildman–Crippen MR) is 115 cm³/mol. The second-order valence-electron chi connectivity index (χ2n) is 8.16. The number of aliphatic hydroxyl groups is 1. The van der Waals surface area contributed by atoms with Crippen molar-refractivity contribution in [3.63, 3.8) is 0 Å². The van der Waals surface area contributed by atoms with Crippen LogP contribution in [0, 0.1) is 5.82 Å². The number of halogens is 1. The van der Waals surface area contributed by atoms with E-state index < -0.39 is 12.1 Å². The van der Waals surface area contributed by atoms with Gasteiger partial charge in [-0.05, 0) is 67.7 Å². The third-order valence-electron chi connectivity index (χ3n) is 5.82. The van der Waals surface area contributed by atoms with Crippen molar-refractivity contribution >= 4 is 5.91 Å². The van der Waals surface area contributed by atoms with Gasteiger partial charge >= 0.3 is 0 Å². The molecule has 0 saturated carbocycles. The highest BCUT2D eigenvalue weighted by Crippen LogP contribution is 2.33. The molecule has 2 heterocycles. The van der Waals surface area contributed by atoms with Crippen LogP contribution >= 0.6 is 0 Å². The number of amides is 1. The molecule has 0 radical (unpaired) electrons. The van der Waals surface area contributed by atoms with E-state index in [1.807, 2.05) is 12.1 Å². The lowest BCUT2D eigenvalue weighted by molar-refractivity contribution is -0.122. The van der Waals surface area contributed by atoms with E-state index in [1.54, 1.807) is 18.2 Å². The number of carbonyl (C=O) groups is 1. The molecule has 7 heteroatoms. The van der Waals surface area contributed by atoms with Crippen LogP contribution in [0.3, 0.4) is 0 Å². The Balaban J connectivity index is 1.43. The summed E-state index contributed by atoms with van der Waals surface area (Å²) >= 11 is 0. The minimum absolute atomic E-state index is 0.162. The summed E-state index contributed by atoms with van der Waals surface area (Å²) in [7, 11) is 0. The molecule has 0 aliphatic carbocycles. The average molecular weight is 429 g/mol. The van der Waals surface area contributed by atoms with Gasteiger partial charge in [0.15, 0.2) is 11.5 Å². The fourth-order valence-electron chi connectivity index (χ4n) is 4.17. The third kappa shape index (κ3) is 5.74. The van der Waals surface area contributed by atoms with Crippen LogP contribution in [0.1, 0.15) is 36.5 Å². The van der Waals surface area contributed by atoms with Gasteiger partial charge in [-0.15, -0.1) is 0 Å². The van der Waals surface area contributed by atoms with Crippen molar-refractivity contribution in [2.75, 3.05) is 32.8 Å². The van der Waals surface area contributed by atoms with Gasteiger partial charge in [-0.25, -0.2) is 4.39 Å². The molecule has 0 spiro atoms. The minimum atomic E-state index is -0.880. The molecule has 0 unspecified atom stereocenters. The van der Waals surface area contributed by atoms with Crippen molar-refractivity contribution < 1.29 is 23.8 Å². The molecule has 166 valence electrons. The van der Waals surface area contributed by atoms with Crippen LogP contribution < -0.4 is 14.8 Å². The number of ether oxygens (including phenoxy) is 2. The Morgan fingerprint density at radius 1 is 1.10 bits per heavy atom. The minimum Gasteiger partial charge on any atom is -0.486 e. The van der Waals surface area contributed by atoms with E-state index in [1.165, 1.54) is 12.1 Å². The molecule has 2 aromatic carbocycles. The molecule has 2 aliphatic heterocycles. The van der Waals surface area contributed by atoms with Gasteiger partial charge < -0.3 is 24.8 Å². The van der Waals surface area contributed by atoms with Crippen LogP contribution in [0.2, 0.25) is 0 Å².